The molecule has 0 saturated heterocycles. The van der Waals surface area contributed by atoms with Crippen LogP contribution < -0.4 is 10.1 Å². The maximum Gasteiger partial charge on any atom is 0.418 e. The quantitative estimate of drug-likeness (QED) is 0.402. The Bertz CT molecular complexity index is 1160. The molecule has 0 unspecified atom stereocenters. The van der Waals surface area contributed by atoms with Crippen molar-refractivity contribution < 1.29 is 9.53 Å². The molecule has 0 aliphatic carbocycles. The van der Waals surface area contributed by atoms with E-state index in [2.05, 4.69) is 20.3 Å². The number of hydrogen-bond donors (Lipinski definition) is 2. The van der Waals surface area contributed by atoms with E-state index in [9.17, 15) is 4.79 Å². The first-order valence-corrected chi connectivity index (χ1v) is 9.85. The predicted molar refractivity (Wildman–Crippen MR) is 113 cm³/mol. The second kappa shape index (κ2) is 7.43. The fourth-order valence-corrected chi connectivity index (χ4v) is 4.02. The van der Waals surface area contributed by atoms with Gasteiger partial charge < -0.3 is 9.72 Å². The van der Waals surface area contributed by atoms with E-state index < -0.39 is 6.09 Å². The van der Waals surface area contributed by atoms with Gasteiger partial charge >= 0.3 is 6.09 Å². The third-order valence-electron chi connectivity index (χ3n) is 4.10. The number of nitrogens with one attached hydrogen (secondary N) is 2. The second-order valence-corrected chi connectivity index (χ2v) is 8.05. The van der Waals surface area contributed by atoms with Crippen LogP contribution in [0.2, 0.25) is 10.0 Å². The highest BCUT2D eigenvalue weighted by atomic mass is 35.5. The van der Waals surface area contributed by atoms with Crippen molar-refractivity contribution in [2.45, 2.75) is 13.8 Å². The largest absolute Gasteiger partial charge is 0.418 e. The van der Waals surface area contributed by atoms with E-state index in [1.807, 2.05) is 13.8 Å². The molecule has 0 radical (unpaired) electrons. The van der Waals surface area contributed by atoms with Gasteiger partial charge in [-0.15, -0.1) is 11.3 Å². The number of aromatic amines is 1. The molecule has 2 aromatic carbocycles. The molecule has 2 heterocycles. The van der Waals surface area contributed by atoms with E-state index in [0.717, 1.165) is 10.6 Å². The Balaban J connectivity index is 1.57. The van der Waals surface area contributed by atoms with E-state index in [1.165, 1.54) is 11.3 Å². The maximum absolute atomic E-state index is 12.1. The van der Waals surface area contributed by atoms with Gasteiger partial charge in [-0.1, -0.05) is 29.3 Å². The van der Waals surface area contributed by atoms with Crippen LogP contribution in [-0.2, 0) is 0 Å². The predicted octanol–water partition coefficient (Wildman–Crippen LogP) is 6.22. The zero-order chi connectivity index (χ0) is 19.8. The average molecular weight is 433 g/mol. The Labute approximate surface area is 174 Å². The van der Waals surface area contributed by atoms with Gasteiger partial charge in [-0.25, -0.2) is 14.8 Å². The molecule has 0 atom stereocenters. The van der Waals surface area contributed by atoms with Crippen LogP contribution in [-0.4, -0.2) is 21.0 Å². The number of nitrogens with zero attached hydrogens (tertiary/aromatic N) is 2. The third kappa shape index (κ3) is 3.69. The number of aromatic nitrogens is 3. The minimum absolute atomic E-state index is 0.371. The van der Waals surface area contributed by atoms with Gasteiger partial charge in [0.25, 0.3) is 0 Å². The first-order valence-electron chi connectivity index (χ1n) is 8.28. The van der Waals surface area contributed by atoms with Crippen LogP contribution >= 0.6 is 34.5 Å². The van der Waals surface area contributed by atoms with Crippen molar-refractivity contribution >= 4 is 56.8 Å². The molecule has 4 aromatic rings. The standard InChI is InChI=1S/C19H14Cl2N4O2S/c1-9-10(2)28-18(22-9)25-19(26)27-11-6-7-14-15(8-11)24-17(23-14)16-12(20)4-3-5-13(16)21/h3-8H,1-2H3,(H,23,24)(H,22,25,26). The third-order valence-corrected chi connectivity index (χ3v) is 5.72. The molecule has 0 aliphatic heterocycles. The Morgan fingerprint density at radius 1 is 1.14 bits per heavy atom. The fourth-order valence-electron chi connectivity index (χ4n) is 2.64. The van der Waals surface area contributed by atoms with Crippen LogP contribution in [0, 0.1) is 13.8 Å². The van der Waals surface area contributed by atoms with Crippen LogP contribution in [0.5, 0.6) is 5.75 Å². The maximum atomic E-state index is 12.1. The summed E-state index contributed by atoms with van der Waals surface area (Å²) in [7, 11) is 0. The van der Waals surface area contributed by atoms with Gasteiger partial charge in [0.05, 0.1) is 32.3 Å². The number of rotatable bonds is 3. The first-order chi connectivity index (χ1) is 13.4. The molecule has 0 saturated carbocycles. The van der Waals surface area contributed by atoms with Crippen LogP contribution in [0.4, 0.5) is 9.93 Å². The number of hydrogen-bond acceptors (Lipinski definition) is 5. The van der Waals surface area contributed by atoms with E-state index in [4.69, 9.17) is 27.9 Å². The second-order valence-electron chi connectivity index (χ2n) is 6.04. The first kappa shape index (κ1) is 18.7. The van der Waals surface area contributed by atoms with Gasteiger partial charge in [0.2, 0.25) is 0 Å². The summed E-state index contributed by atoms with van der Waals surface area (Å²) in [6, 6.07) is 10.4. The van der Waals surface area contributed by atoms with Crippen LogP contribution in [0.25, 0.3) is 22.4 Å². The van der Waals surface area contributed by atoms with E-state index in [0.29, 0.717) is 43.3 Å². The number of anilines is 1. The summed E-state index contributed by atoms with van der Waals surface area (Å²) in [5.41, 5.74) is 2.89. The van der Waals surface area contributed by atoms with Crippen LogP contribution in [0.3, 0.4) is 0 Å². The van der Waals surface area contributed by atoms with Gasteiger partial charge in [0.15, 0.2) is 5.13 Å². The van der Waals surface area contributed by atoms with Crippen molar-refractivity contribution in [2.24, 2.45) is 0 Å². The molecular formula is C19H14Cl2N4O2S. The minimum atomic E-state index is -0.609. The lowest BCUT2D eigenvalue weighted by Crippen LogP contribution is -2.16. The zero-order valence-electron chi connectivity index (χ0n) is 14.8. The normalized spacial score (nSPS) is 11.0. The lowest BCUT2D eigenvalue weighted by molar-refractivity contribution is 0.215. The summed E-state index contributed by atoms with van der Waals surface area (Å²) >= 11 is 13.9. The fraction of sp³-hybridized carbons (Fsp3) is 0.105. The van der Waals surface area contributed by atoms with Crippen LogP contribution in [0.1, 0.15) is 10.6 Å². The number of fused-ring (bicyclic) bond motifs is 1. The van der Waals surface area contributed by atoms with Crippen molar-refractivity contribution in [2.75, 3.05) is 5.32 Å². The van der Waals surface area contributed by atoms with E-state index in [1.54, 1.807) is 36.4 Å². The van der Waals surface area contributed by atoms with Gasteiger partial charge in [-0.3, -0.25) is 5.32 Å². The smallest absolute Gasteiger partial charge is 0.410 e. The Morgan fingerprint density at radius 2 is 1.89 bits per heavy atom. The van der Waals surface area contributed by atoms with Crippen molar-refractivity contribution in [3.63, 3.8) is 0 Å². The lowest BCUT2D eigenvalue weighted by atomic mass is 10.2. The monoisotopic (exact) mass is 432 g/mol. The molecule has 142 valence electrons. The van der Waals surface area contributed by atoms with Gasteiger partial charge in [-0.05, 0) is 38.1 Å². The van der Waals surface area contributed by atoms with Crippen LogP contribution in [0.15, 0.2) is 36.4 Å². The molecule has 4 rings (SSSR count). The molecule has 0 spiro atoms. The number of carbonyl (C=O) groups excluding carboxylic acids is 1. The highest BCUT2D eigenvalue weighted by Gasteiger charge is 2.14. The summed E-state index contributed by atoms with van der Waals surface area (Å²) in [6.45, 7) is 3.83. The molecule has 1 amide bonds. The number of imidazole rings is 1. The minimum Gasteiger partial charge on any atom is -0.410 e. The molecule has 2 aromatic heterocycles. The summed E-state index contributed by atoms with van der Waals surface area (Å²) in [4.78, 5) is 25.1. The Morgan fingerprint density at radius 3 is 2.57 bits per heavy atom. The van der Waals surface area contributed by atoms with Crippen molar-refractivity contribution in [1.82, 2.24) is 15.0 Å². The SMILES string of the molecule is Cc1nc(NC(=O)Oc2ccc3nc(-c4c(Cl)cccc4Cl)[nH]c3c2)sc1C. The van der Waals surface area contributed by atoms with Gasteiger partial charge in [-0.2, -0.15) is 0 Å². The van der Waals surface area contributed by atoms with Crippen molar-refractivity contribution in [3.8, 4) is 17.1 Å². The highest BCUT2D eigenvalue weighted by molar-refractivity contribution is 7.15. The number of amides is 1. The van der Waals surface area contributed by atoms with Gasteiger partial charge in [0, 0.05) is 10.9 Å². The van der Waals surface area contributed by atoms with E-state index in [-0.39, 0.29) is 0 Å². The lowest BCUT2D eigenvalue weighted by Gasteiger charge is -2.04. The Kier molecular flexibility index (Phi) is 4.97. The molecule has 2 N–H and O–H groups in total. The number of carbonyl (C=O) groups is 1. The molecule has 28 heavy (non-hydrogen) atoms. The number of aryl methyl sites for hydroxylation is 2. The molecule has 0 aliphatic rings. The highest BCUT2D eigenvalue weighted by Crippen LogP contribution is 2.34. The van der Waals surface area contributed by atoms with E-state index >= 15 is 0 Å². The molecular weight excluding hydrogens is 419 g/mol. The Hall–Kier alpha value is -2.61. The molecule has 6 nitrogen and oxygen atoms in total. The summed E-state index contributed by atoms with van der Waals surface area (Å²) in [5, 5.41) is 4.12. The number of ether oxygens (including phenoxy) is 1. The molecule has 9 heteroatoms. The number of halogens is 2. The molecule has 0 bridgehead atoms. The zero-order valence-corrected chi connectivity index (χ0v) is 17.2. The van der Waals surface area contributed by atoms with Crippen molar-refractivity contribution in [1.29, 1.82) is 0 Å². The number of H-pyrrole nitrogens is 1. The summed E-state index contributed by atoms with van der Waals surface area (Å²) in [6.07, 6.45) is -0.609. The van der Waals surface area contributed by atoms with Crippen molar-refractivity contribution in [3.05, 3.63) is 57.0 Å². The average Bonchev–Trinajstić information content (AvgIpc) is 3.17. The summed E-state index contributed by atoms with van der Waals surface area (Å²) < 4.78 is 5.35. The summed E-state index contributed by atoms with van der Waals surface area (Å²) in [5.74, 6) is 0.913. The number of benzene rings is 2. The topological polar surface area (TPSA) is 79.9 Å². The van der Waals surface area contributed by atoms with Gasteiger partial charge in [0.1, 0.15) is 11.6 Å². The number of thiazole rings is 1. The molecule has 0 fully saturated rings.